The Hall–Kier alpha value is -8.20. The smallest absolute Gasteiger partial charge is 0.306 e. The second-order valence-electron chi connectivity index (χ2n) is 26.4. The van der Waals surface area contributed by atoms with Gasteiger partial charge in [0.15, 0.2) is 0 Å². The lowest BCUT2D eigenvalue weighted by Gasteiger charge is -2.53. The predicted molar refractivity (Wildman–Crippen MR) is 344 cm³/mol. The van der Waals surface area contributed by atoms with Crippen LogP contribution in [0.15, 0.2) is 156 Å². The van der Waals surface area contributed by atoms with E-state index in [4.69, 9.17) is 9.47 Å². The first-order valence-electron chi connectivity index (χ1n) is 30.0. The maximum Gasteiger partial charge on any atom is 0.306 e. The highest BCUT2D eigenvalue weighted by atomic mass is 16.5. The van der Waals surface area contributed by atoms with Crippen molar-refractivity contribution < 1.29 is 38.6 Å². The van der Waals surface area contributed by atoms with Gasteiger partial charge < -0.3 is 30.1 Å². The van der Waals surface area contributed by atoms with Crippen molar-refractivity contribution >= 4 is 74.9 Å². The van der Waals surface area contributed by atoms with Gasteiger partial charge in [0.05, 0.1) is 35.4 Å². The number of ether oxygens (including phenoxy) is 2. The molecule has 0 saturated carbocycles. The summed E-state index contributed by atoms with van der Waals surface area (Å²) < 4.78 is 14.1. The fourth-order valence-corrected chi connectivity index (χ4v) is 12.6. The van der Waals surface area contributed by atoms with Crippen LogP contribution in [0.25, 0.3) is 5.57 Å². The molecular weight excluding hydrogens is 1080 g/mol. The number of esters is 2. The summed E-state index contributed by atoms with van der Waals surface area (Å²) in [6.07, 6.45) is 6.49. The highest BCUT2D eigenvalue weighted by molar-refractivity contribution is 6.40. The Balaban J connectivity index is 1.08. The summed E-state index contributed by atoms with van der Waals surface area (Å²) in [6.45, 7) is 25.1. The van der Waals surface area contributed by atoms with Crippen LogP contribution in [0.1, 0.15) is 135 Å². The molecule has 2 aliphatic heterocycles. The van der Waals surface area contributed by atoms with E-state index >= 15 is 4.79 Å². The van der Waals surface area contributed by atoms with E-state index in [1.165, 1.54) is 0 Å². The number of nitrogens with zero attached hydrogens (tertiary/aromatic N) is 4. The van der Waals surface area contributed by atoms with E-state index in [0.29, 0.717) is 37.1 Å². The lowest BCUT2D eigenvalue weighted by Crippen LogP contribution is -2.60. The molecule has 5 aromatic carbocycles. The number of rotatable bonds is 16. The third-order valence-corrected chi connectivity index (χ3v) is 18.0. The summed E-state index contributed by atoms with van der Waals surface area (Å²) >= 11 is 0. The lowest BCUT2D eigenvalue weighted by molar-refractivity contribution is -0.160. The molecule has 2 saturated heterocycles. The van der Waals surface area contributed by atoms with E-state index in [1.807, 2.05) is 146 Å². The molecule has 0 atom stereocenters. The Bertz CT molecular complexity index is 3490. The monoisotopic (exact) mass is 1160 g/mol. The minimum atomic E-state index is -0.531. The van der Waals surface area contributed by atoms with Crippen molar-refractivity contribution in [3.63, 3.8) is 0 Å². The van der Waals surface area contributed by atoms with Gasteiger partial charge in [-0.1, -0.05) is 70.8 Å². The van der Waals surface area contributed by atoms with Crippen LogP contribution >= 0.6 is 0 Å². The number of anilines is 4. The molecule has 2 aliphatic carbocycles. The average molecular weight is 1160 g/mol. The van der Waals surface area contributed by atoms with Crippen LogP contribution in [-0.2, 0) is 33.4 Å². The number of piperidine rings is 2. The second kappa shape index (κ2) is 24.6. The van der Waals surface area contributed by atoms with E-state index in [9.17, 15) is 24.3 Å². The Morgan fingerprint density at radius 1 is 0.547 bits per heavy atom. The number of Topliss-reactive ketones (excluding diaryl/α,β-unsaturated/α-hetero) is 1. The third-order valence-electron chi connectivity index (χ3n) is 18.0. The lowest BCUT2D eigenvalue weighted by atomic mass is 9.78. The number of likely N-dealkylation sites (tertiary alicyclic amines) is 2. The number of carbonyl (C=O) groups is 5. The largest absolute Gasteiger partial charge is 0.506 e. The third kappa shape index (κ3) is 13.7. The van der Waals surface area contributed by atoms with Gasteiger partial charge in [0.25, 0.3) is 0 Å². The van der Waals surface area contributed by atoms with Gasteiger partial charge in [-0.25, -0.2) is 0 Å². The summed E-state index contributed by atoms with van der Waals surface area (Å²) in [7, 11) is 4.17. The number of aryl methyl sites for hydroxylation is 4. The first kappa shape index (κ1) is 62.3. The highest BCUT2D eigenvalue weighted by Gasteiger charge is 2.46. The standard InChI is InChI=1S/C72H84N6O8/c1-45-15-23-49(24-16-45)77(50-25-17-46(2)18-26-50)53-31-33-57(59(39-53)73-61(79)35-37-63(81)85-55-41-69(5,6)75(13)70(7,8)42-55)65-67(83)66(68(65)84)58-34-32-54(78(51-27-19-47(3)20-28-51)52-29-21-48(4)22-30-52)40-60(58)74-62(80)36-38-64(82)86-56-43-71(9,10)76(14)72(11,12)44-56/h15-34,39-40,55-56H,35-38,41-44H2,1-14H3,(H2,73,74,79,80,83,84)/p+1. The molecule has 2 fully saturated rings. The van der Waals surface area contributed by atoms with Crippen LogP contribution in [0.3, 0.4) is 0 Å². The molecular formula is C72H85N6O8+. The number of nitrogens with one attached hydrogen (secondary N) is 2. The maximum atomic E-state index is 15.1. The van der Waals surface area contributed by atoms with Gasteiger partial charge in [-0.05, 0) is 146 Å². The quantitative estimate of drug-likeness (QED) is 0.0490. The molecule has 4 aliphatic rings. The highest BCUT2D eigenvalue weighted by Crippen LogP contribution is 2.46. The van der Waals surface area contributed by atoms with Crippen molar-refractivity contribution in [3.8, 4) is 0 Å². The van der Waals surface area contributed by atoms with E-state index in [0.717, 1.165) is 45.0 Å². The number of aliphatic hydroxyl groups excluding tert-OH is 1. The summed E-state index contributed by atoms with van der Waals surface area (Å²) in [6, 6.07) is 37.5. The number of hydrogen-bond acceptors (Lipinski definition) is 11. The van der Waals surface area contributed by atoms with E-state index in [1.54, 1.807) is 24.3 Å². The zero-order chi connectivity index (χ0) is 62.2. The van der Waals surface area contributed by atoms with Crippen molar-refractivity contribution in [2.24, 2.45) is 0 Å². The van der Waals surface area contributed by atoms with Crippen LogP contribution < -0.4 is 20.1 Å². The van der Waals surface area contributed by atoms with Gasteiger partial charge in [0.2, 0.25) is 34.7 Å². The zero-order valence-corrected chi connectivity index (χ0v) is 52.6. The Labute approximate surface area is 508 Å². The zero-order valence-electron chi connectivity index (χ0n) is 52.6. The van der Waals surface area contributed by atoms with Crippen LogP contribution in [-0.4, -0.2) is 98.6 Å². The molecule has 2 heterocycles. The van der Waals surface area contributed by atoms with E-state index in [-0.39, 0.29) is 99.5 Å². The van der Waals surface area contributed by atoms with Gasteiger partial charge in [-0.3, -0.25) is 33.8 Å². The molecule has 14 heteroatoms. The number of ketones is 1. The van der Waals surface area contributed by atoms with Crippen molar-refractivity contribution in [2.45, 2.75) is 169 Å². The summed E-state index contributed by atoms with van der Waals surface area (Å²) in [5.41, 5.74) is 8.98. The van der Waals surface area contributed by atoms with Gasteiger partial charge >= 0.3 is 11.9 Å². The molecule has 450 valence electrons. The summed E-state index contributed by atoms with van der Waals surface area (Å²) in [5.74, 6) is -2.82. The van der Waals surface area contributed by atoms with Crippen molar-refractivity contribution in [1.29, 1.82) is 0 Å². The first-order chi connectivity index (χ1) is 40.5. The number of aliphatic hydroxyl groups is 1. The van der Waals surface area contributed by atoms with Crippen molar-refractivity contribution in [1.82, 2.24) is 19.7 Å². The molecule has 0 unspecified atom stereocenters. The van der Waals surface area contributed by atoms with Crippen LogP contribution in [0.5, 0.6) is 0 Å². The Morgan fingerprint density at radius 3 is 1.36 bits per heavy atom. The van der Waals surface area contributed by atoms with Gasteiger partial charge in [0.1, 0.15) is 18.0 Å². The number of hydrogen-bond donors (Lipinski definition) is 3. The van der Waals surface area contributed by atoms with Gasteiger partial charge in [0, 0.05) is 125 Å². The number of allylic oxidation sites excluding steroid dienone is 5. The molecule has 0 spiro atoms. The van der Waals surface area contributed by atoms with Crippen LogP contribution in [0.4, 0.5) is 34.1 Å². The molecule has 14 nitrogen and oxygen atoms in total. The van der Waals surface area contributed by atoms with Crippen molar-refractivity contribution in [3.05, 3.63) is 184 Å². The molecule has 9 rings (SSSR count). The first-order valence-corrected chi connectivity index (χ1v) is 30.0. The van der Waals surface area contributed by atoms with Crippen LogP contribution in [0.2, 0.25) is 0 Å². The minimum absolute atomic E-state index is 0.0451. The minimum Gasteiger partial charge on any atom is -0.506 e. The molecule has 3 N–H and O–H groups in total. The number of carbonyl (C=O) groups excluding carboxylic acids is 5. The summed E-state index contributed by atoms with van der Waals surface area (Å²) in [4.78, 5) is 77.3. The SMILES string of the molecule is Cc1ccc(N(c2ccc(C)cc2)c2ccc(C3=C(O)/C(=C4/C=CC(=[N+](c5ccc(C)cc5)c5ccc(C)cc5)C=C4NC(=O)CCC(=O)OC4CC(C)(C)N(C)C(C)(C)C4)C3=O)c(NC(=O)CCC(=O)OC3CC(C)(C)N(C)C(C)(C)C3)c2)cc1. The molecule has 2 amide bonds. The van der Waals surface area contributed by atoms with Gasteiger partial charge in [-0.15, -0.1) is 0 Å². The number of benzene rings is 5. The fraction of sp³-hybridized carbons (Fsp3) is 0.389. The van der Waals surface area contributed by atoms with Crippen molar-refractivity contribution in [2.75, 3.05) is 24.3 Å². The van der Waals surface area contributed by atoms with Gasteiger partial charge in [-0.2, -0.15) is 4.58 Å². The molecule has 86 heavy (non-hydrogen) atoms. The fourth-order valence-electron chi connectivity index (χ4n) is 12.6. The molecule has 0 radical (unpaired) electrons. The normalized spacial score (nSPS) is 19.3. The average Bonchev–Trinajstić information content (AvgIpc) is 0.802. The maximum absolute atomic E-state index is 15.1. The summed E-state index contributed by atoms with van der Waals surface area (Å²) in [5, 5.41) is 18.5. The predicted octanol–water partition coefficient (Wildman–Crippen LogP) is 14.0. The van der Waals surface area contributed by atoms with E-state index in [2.05, 4.69) is 89.9 Å². The number of amides is 2. The molecule has 5 aromatic rings. The Kier molecular flexibility index (Phi) is 17.9. The van der Waals surface area contributed by atoms with E-state index < -0.39 is 29.5 Å². The molecule has 0 bridgehead atoms. The Morgan fingerprint density at radius 2 is 0.942 bits per heavy atom. The second-order valence-corrected chi connectivity index (χ2v) is 26.4. The molecule has 0 aromatic heterocycles. The topological polar surface area (TPSA) is 161 Å². The van der Waals surface area contributed by atoms with Crippen LogP contribution in [0, 0.1) is 27.7 Å².